The highest BCUT2D eigenvalue weighted by molar-refractivity contribution is 5.31. The molecule has 0 radical (unpaired) electrons. The fourth-order valence-electron chi connectivity index (χ4n) is 3.14. The van der Waals surface area contributed by atoms with Crippen molar-refractivity contribution in [2.24, 2.45) is 5.92 Å². The third kappa shape index (κ3) is 2.57. The van der Waals surface area contributed by atoms with Crippen LogP contribution >= 0.6 is 0 Å². The Morgan fingerprint density at radius 1 is 1.44 bits per heavy atom. The lowest BCUT2D eigenvalue weighted by Gasteiger charge is -2.29. The first kappa shape index (κ1) is 13.5. The Labute approximate surface area is 109 Å². The van der Waals surface area contributed by atoms with Crippen molar-refractivity contribution in [3.8, 4) is 0 Å². The third-order valence-corrected chi connectivity index (χ3v) is 4.06. The molecule has 1 aromatic carbocycles. The van der Waals surface area contributed by atoms with Crippen LogP contribution < -0.4 is 5.32 Å². The van der Waals surface area contributed by atoms with Gasteiger partial charge in [-0.3, -0.25) is 4.90 Å². The van der Waals surface area contributed by atoms with Crippen molar-refractivity contribution in [1.29, 1.82) is 0 Å². The van der Waals surface area contributed by atoms with Gasteiger partial charge in [-0.25, -0.2) is 4.39 Å². The number of nitrogens with zero attached hydrogens (tertiary/aromatic N) is 1. The second-order valence-electron chi connectivity index (χ2n) is 5.18. The van der Waals surface area contributed by atoms with Crippen LogP contribution in [0.3, 0.4) is 0 Å². The predicted molar refractivity (Wildman–Crippen MR) is 73.2 cm³/mol. The van der Waals surface area contributed by atoms with Crippen molar-refractivity contribution in [1.82, 2.24) is 10.2 Å². The lowest BCUT2D eigenvalue weighted by molar-refractivity contribution is 0.237. The summed E-state index contributed by atoms with van der Waals surface area (Å²) < 4.78 is 13.5. The molecule has 0 aromatic heterocycles. The van der Waals surface area contributed by atoms with E-state index in [-0.39, 0.29) is 5.82 Å². The second-order valence-corrected chi connectivity index (χ2v) is 5.18. The van der Waals surface area contributed by atoms with Gasteiger partial charge in [0.05, 0.1) is 0 Å². The van der Waals surface area contributed by atoms with Crippen LogP contribution in [0.1, 0.15) is 30.5 Å². The molecule has 0 amide bonds. The molecular weight excluding hydrogens is 227 g/mol. The molecule has 0 spiro atoms. The summed E-state index contributed by atoms with van der Waals surface area (Å²) in [6, 6.07) is 5.53. The van der Waals surface area contributed by atoms with E-state index in [0.29, 0.717) is 12.0 Å². The monoisotopic (exact) mass is 250 g/mol. The quantitative estimate of drug-likeness (QED) is 0.884. The van der Waals surface area contributed by atoms with Crippen molar-refractivity contribution >= 4 is 0 Å². The number of hydrogen-bond acceptors (Lipinski definition) is 2. The summed E-state index contributed by atoms with van der Waals surface area (Å²) in [6.45, 7) is 7.40. The van der Waals surface area contributed by atoms with E-state index in [1.165, 1.54) is 12.0 Å². The van der Waals surface area contributed by atoms with Gasteiger partial charge in [0, 0.05) is 6.04 Å². The molecule has 1 fully saturated rings. The van der Waals surface area contributed by atoms with Gasteiger partial charge in [0.15, 0.2) is 0 Å². The smallest absolute Gasteiger partial charge is 0.123 e. The summed E-state index contributed by atoms with van der Waals surface area (Å²) in [5.41, 5.74) is 2.36. The van der Waals surface area contributed by atoms with Crippen LogP contribution in [0, 0.1) is 18.7 Å². The van der Waals surface area contributed by atoms with Gasteiger partial charge in [-0.2, -0.15) is 0 Å². The fourth-order valence-corrected chi connectivity index (χ4v) is 3.14. The maximum atomic E-state index is 13.5. The Kier molecular flexibility index (Phi) is 4.36. The molecule has 1 heterocycles. The Balaban J connectivity index is 2.33. The summed E-state index contributed by atoms with van der Waals surface area (Å²) >= 11 is 0. The van der Waals surface area contributed by atoms with Crippen molar-refractivity contribution in [3.63, 3.8) is 0 Å². The standard InChI is InChI=1S/C15H23FN2/c1-4-18-8-7-12(10-17-3)15(18)14-9-13(16)6-5-11(14)2/h5-6,9,12,15,17H,4,7-8,10H2,1-3H3. The Morgan fingerprint density at radius 3 is 2.89 bits per heavy atom. The molecule has 2 nitrogen and oxygen atoms in total. The molecule has 1 N–H and O–H groups in total. The summed E-state index contributed by atoms with van der Waals surface area (Å²) in [6.07, 6.45) is 1.19. The van der Waals surface area contributed by atoms with Crippen LogP contribution in [0.25, 0.3) is 0 Å². The first-order valence-electron chi connectivity index (χ1n) is 6.82. The molecule has 2 atom stereocenters. The number of halogens is 1. The van der Waals surface area contributed by atoms with E-state index in [9.17, 15) is 4.39 Å². The largest absolute Gasteiger partial charge is 0.319 e. The summed E-state index contributed by atoms with van der Waals surface area (Å²) in [5.74, 6) is 0.456. The van der Waals surface area contributed by atoms with Gasteiger partial charge < -0.3 is 5.32 Å². The van der Waals surface area contributed by atoms with Crippen molar-refractivity contribution in [3.05, 3.63) is 35.1 Å². The van der Waals surface area contributed by atoms with E-state index in [4.69, 9.17) is 0 Å². The van der Waals surface area contributed by atoms with Gasteiger partial charge in [0.2, 0.25) is 0 Å². The van der Waals surface area contributed by atoms with E-state index in [2.05, 4.69) is 24.1 Å². The molecule has 1 aliphatic rings. The second kappa shape index (κ2) is 5.81. The Bertz CT molecular complexity index is 405. The molecule has 18 heavy (non-hydrogen) atoms. The highest BCUT2D eigenvalue weighted by Crippen LogP contribution is 2.38. The number of nitrogens with one attached hydrogen (secondary N) is 1. The molecule has 0 bridgehead atoms. The maximum Gasteiger partial charge on any atom is 0.123 e. The minimum atomic E-state index is -0.123. The van der Waals surface area contributed by atoms with Crippen LogP contribution in [0.4, 0.5) is 4.39 Å². The van der Waals surface area contributed by atoms with Gasteiger partial charge in [-0.15, -0.1) is 0 Å². The molecule has 1 aliphatic heterocycles. The molecule has 2 rings (SSSR count). The minimum absolute atomic E-state index is 0.123. The average Bonchev–Trinajstić information content (AvgIpc) is 2.75. The van der Waals surface area contributed by atoms with E-state index >= 15 is 0 Å². The lowest BCUT2D eigenvalue weighted by Crippen LogP contribution is -2.29. The summed E-state index contributed by atoms with van der Waals surface area (Å²) in [4.78, 5) is 2.46. The molecule has 100 valence electrons. The SMILES string of the molecule is CCN1CCC(CNC)C1c1cc(F)ccc1C. The van der Waals surface area contributed by atoms with E-state index in [0.717, 1.165) is 25.2 Å². The molecule has 0 aliphatic carbocycles. The Hall–Kier alpha value is -0.930. The van der Waals surface area contributed by atoms with Gasteiger partial charge >= 0.3 is 0 Å². The molecule has 0 saturated carbocycles. The zero-order valence-corrected chi connectivity index (χ0v) is 11.5. The van der Waals surface area contributed by atoms with Gasteiger partial charge in [0.25, 0.3) is 0 Å². The number of hydrogen-bond donors (Lipinski definition) is 1. The normalized spacial score (nSPS) is 24.7. The van der Waals surface area contributed by atoms with E-state index in [1.807, 2.05) is 13.1 Å². The molecule has 1 aromatic rings. The first-order valence-corrected chi connectivity index (χ1v) is 6.82. The van der Waals surface area contributed by atoms with Crippen molar-refractivity contribution in [2.75, 3.05) is 26.7 Å². The highest BCUT2D eigenvalue weighted by atomic mass is 19.1. The van der Waals surface area contributed by atoms with Gasteiger partial charge in [-0.05, 0) is 69.2 Å². The lowest BCUT2D eigenvalue weighted by atomic mass is 9.90. The van der Waals surface area contributed by atoms with E-state index in [1.54, 1.807) is 12.1 Å². The minimum Gasteiger partial charge on any atom is -0.319 e. The predicted octanol–water partition coefficient (Wildman–Crippen LogP) is 2.74. The van der Waals surface area contributed by atoms with Crippen LogP contribution in [-0.2, 0) is 0 Å². The molecule has 1 saturated heterocycles. The Morgan fingerprint density at radius 2 is 2.22 bits per heavy atom. The fraction of sp³-hybridized carbons (Fsp3) is 0.600. The third-order valence-electron chi connectivity index (χ3n) is 4.06. The number of aryl methyl sites for hydroxylation is 1. The topological polar surface area (TPSA) is 15.3 Å². The molecule has 2 unspecified atom stereocenters. The zero-order valence-electron chi connectivity index (χ0n) is 11.5. The van der Waals surface area contributed by atoms with Crippen molar-refractivity contribution < 1.29 is 4.39 Å². The molecule has 3 heteroatoms. The summed E-state index contributed by atoms with van der Waals surface area (Å²) in [5, 5.41) is 3.27. The average molecular weight is 250 g/mol. The van der Waals surface area contributed by atoms with Crippen LogP contribution in [-0.4, -0.2) is 31.6 Å². The molecular formula is C15H23FN2. The number of rotatable bonds is 4. The zero-order chi connectivity index (χ0) is 13.1. The number of likely N-dealkylation sites (tertiary alicyclic amines) is 1. The van der Waals surface area contributed by atoms with Gasteiger partial charge in [-0.1, -0.05) is 13.0 Å². The van der Waals surface area contributed by atoms with Crippen molar-refractivity contribution in [2.45, 2.75) is 26.3 Å². The van der Waals surface area contributed by atoms with Crippen LogP contribution in [0.2, 0.25) is 0 Å². The van der Waals surface area contributed by atoms with Gasteiger partial charge in [0.1, 0.15) is 5.82 Å². The number of benzene rings is 1. The van der Waals surface area contributed by atoms with Crippen LogP contribution in [0.15, 0.2) is 18.2 Å². The summed E-state index contributed by atoms with van der Waals surface area (Å²) in [7, 11) is 1.99. The first-order chi connectivity index (χ1) is 8.67. The highest BCUT2D eigenvalue weighted by Gasteiger charge is 2.34. The van der Waals surface area contributed by atoms with Crippen LogP contribution in [0.5, 0.6) is 0 Å². The maximum absolute atomic E-state index is 13.5. The van der Waals surface area contributed by atoms with E-state index < -0.39 is 0 Å².